The van der Waals surface area contributed by atoms with Gasteiger partial charge in [-0.1, -0.05) is 6.92 Å². The monoisotopic (exact) mass is 265 g/mol. The summed E-state index contributed by atoms with van der Waals surface area (Å²) in [5.74, 6) is -0.526. The van der Waals surface area contributed by atoms with Gasteiger partial charge < -0.3 is 10.4 Å². The highest BCUT2D eigenvalue weighted by Crippen LogP contribution is 2.17. The maximum absolute atomic E-state index is 11.0. The number of carbonyl (C=O) groups is 1. The molecule has 1 heterocycles. The summed E-state index contributed by atoms with van der Waals surface area (Å²) in [6, 6.07) is 1.57. The Morgan fingerprint density at radius 1 is 1.69 bits per heavy atom. The van der Waals surface area contributed by atoms with Gasteiger partial charge in [0.1, 0.15) is 11.4 Å². The summed E-state index contributed by atoms with van der Waals surface area (Å²) in [7, 11) is 0. The van der Waals surface area contributed by atoms with Gasteiger partial charge in [-0.2, -0.15) is 0 Å². The van der Waals surface area contributed by atoms with Gasteiger partial charge in [-0.05, 0) is 31.0 Å². The van der Waals surface area contributed by atoms with Gasteiger partial charge in [0.2, 0.25) is 5.28 Å². The summed E-state index contributed by atoms with van der Waals surface area (Å²) in [4.78, 5) is 18.6. The lowest BCUT2D eigenvalue weighted by Crippen LogP contribution is -2.42. The third-order valence-electron chi connectivity index (χ3n) is 2.21. The van der Waals surface area contributed by atoms with Crippen molar-refractivity contribution in [3.8, 4) is 0 Å². The first-order valence-electron chi connectivity index (χ1n) is 4.48. The minimum atomic E-state index is -1.04. The predicted octanol–water partition coefficient (Wildman–Crippen LogP) is 2.22. The molecule has 5 nitrogen and oxygen atoms in total. The molecule has 0 radical (unpaired) electrons. The van der Waals surface area contributed by atoms with Crippen LogP contribution in [0.15, 0.2) is 12.3 Å². The SMILES string of the molecule is CC[C@](C)(Nc1ccnc(Cl)n1)C(=O)O.Cl. The molecule has 0 saturated carbocycles. The zero-order valence-electron chi connectivity index (χ0n) is 8.90. The van der Waals surface area contributed by atoms with E-state index in [1.54, 1.807) is 19.9 Å². The first kappa shape index (κ1) is 14.9. The Hall–Kier alpha value is -1.07. The Kier molecular flexibility index (Phi) is 5.47. The second-order valence-electron chi connectivity index (χ2n) is 3.33. The summed E-state index contributed by atoms with van der Waals surface area (Å²) >= 11 is 5.59. The van der Waals surface area contributed by atoms with Gasteiger partial charge in [-0.15, -0.1) is 12.4 Å². The Bertz CT molecular complexity index is 376. The van der Waals surface area contributed by atoms with Gasteiger partial charge in [0.05, 0.1) is 0 Å². The number of aromatic nitrogens is 2. The summed E-state index contributed by atoms with van der Waals surface area (Å²) in [5, 5.41) is 11.9. The summed E-state index contributed by atoms with van der Waals surface area (Å²) in [6.45, 7) is 3.37. The number of carboxylic acid groups (broad SMARTS) is 1. The Morgan fingerprint density at radius 2 is 2.31 bits per heavy atom. The number of nitrogens with zero attached hydrogens (tertiary/aromatic N) is 2. The van der Waals surface area contributed by atoms with E-state index < -0.39 is 11.5 Å². The average Bonchev–Trinajstić information content (AvgIpc) is 2.17. The van der Waals surface area contributed by atoms with Gasteiger partial charge in [0.25, 0.3) is 0 Å². The first-order chi connectivity index (χ1) is 6.98. The van der Waals surface area contributed by atoms with Crippen LogP contribution in [0.2, 0.25) is 5.28 Å². The predicted molar refractivity (Wildman–Crippen MR) is 64.2 cm³/mol. The van der Waals surface area contributed by atoms with Gasteiger partial charge in [-0.3, -0.25) is 0 Å². The molecule has 7 heteroatoms. The number of rotatable bonds is 4. The molecule has 0 aliphatic heterocycles. The second kappa shape index (κ2) is 5.86. The minimum Gasteiger partial charge on any atom is -0.480 e. The molecule has 2 N–H and O–H groups in total. The van der Waals surface area contributed by atoms with Crippen molar-refractivity contribution in [2.75, 3.05) is 5.32 Å². The fourth-order valence-corrected chi connectivity index (χ4v) is 1.13. The van der Waals surface area contributed by atoms with Gasteiger partial charge >= 0.3 is 5.97 Å². The lowest BCUT2D eigenvalue weighted by atomic mass is 9.99. The maximum Gasteiger partial charge on any atom is 0.329 e. The summed E-state index contributed by atoms with van der Waals surface area (Å²) < 4.78 is 0. The molecule has 0 spiro atoms. The molecule has 0 aromatic carbocycles. The lowest BCUT2D eigenvalue weighted by molar-refractivity contribution is -0.141. The van der Waals surface area contributed by atoms with Crippen molar-refractivity contribution in [3.05, 3.63) is 17.5 Å². The second-order valence-corrected chi connectivity index (χ2v) is 3.66. The number of anilines is 1. The Balaban J connectivity index is 0.00000225. The van der Waals surface area contributed by atoms with Crippen molar-refractivity contribution in [2.24, 2.45) is 0 Å². The molecule has 90 valence electrons. The number of nitrogens with one attached hydrogen (secondary N) is 1. The van der Waals surface area contributed by atoms with Crippen molar-refractivity contribution in [1.82, 2.24) is 9.97 Å². The van der Waals surface area contributed by atoms with Crippen molar-refractivity contribution >= 4 is 35.8 Å². The van der Waals surface area contributed by atoms with E-state index in [2.05, 4.69) is 15.3 Å². The molecular weight excluding hydrogens is 253 g/mol. The van der Waals surface area contributed by atoms with Crippen LogP contribution in [0.1, 0.15) is 20.3 Å². The molecule has 0 fully saturated rings. The molecule has 0 aliphatic carbocycles. The van der Waals surface area contributed by atoms with E-state index in [-0.39, 0.29) is 17.7 Å². The third-order valence-corrected chi connectivity index (χ3v) is 2.39. The standard InChI is InChI=1S/C9H12ClN3O2.ClH/c1-3-9(2,7(14)15)13-6-4-5-11-8(10)12-6;/h4-5H,3H2,1-2H3,(H,14,15)(H,11,12,13);1H/t9-;/m0./s1. The van der Waals surface area contributed by atoms with Gasteiger partial charge in [-0.25, -0.2) is 14.8 Å². The van der Waals surface area contributed by atoms with E-state index in [1.807, 2.05) is 0 Å². The van der Waals surface area contributed by atoms with Crippen molar-refractivity contribution < 1.29 is 9.90 Å². The average molecular weight is 266 g/mol. The highest BCUT2D eigenvalue weighted by Gasteiger charge is 2.31. The van der Waals surface area contributed by atoms with E-state index in [9.17, 15) is 4.79 Å². The van der Waals surface area contributed by atoms with Crippen LogP contribution in [0, 0.1) is 0 Å². The Labute approximate surface area is 105 Å². The summed E-state index contributed by atoms with van der Waals surface area (Å²) in [5.41, 5.74) is -1.04. The molecule has 16 heavy (non-hydrogen) atoms. The molecule has 0 saturated heterocycles. The number of halogens is 2. The zero-order valence-corrected chi connectivity index (χ0v) is 10.5. The van der Waals surface area contributed by atoms with Crippen LogP contribution >= 0.6 is 24.0 Å². The van der Waals surface area contributed by atoms with E-state index in [4.69, 9.17) is 16.7 Å². The first-order valence-corrected chi connectivity index (χ1v) is 4.86. The molecule has 0 amide bonds. The van der Waals surface area contributed by atoms with Crippen LogP contribution in [-0.4, -0.2) is 26.6 Å². The fraction of sp³-hybridized carbons (Fsp3) is 0.444. The molecule has 1 atom stereocenters. The molecule has 1 aromatic rings. The molecule has 0 unspecified atom stereocenters. The number of hydrogen-bond donors (Lipinski definition) is 2. The van der Waals surface area contributed by atoms with Crippen LogP contribution < -0.4 is 5.32 Å². The molecule has 0 bridgehead atoms. The van der Waals surface area contributed by atoms with Crippen LogP contribution in [0.4, 0.5) is 5.82 Å². The number of carboxylic acids is 1. The highest BCUT2D eigenvalue weighted by molar-refractivity contribution is 6.28. The Morgan fingerprint density at radius 3 is 2.75 bits per heavy atom. The van der Waals surface area contributed by atoms with Crippen LogP contribution in [0.25, 0.3) is 0 Å². The molecule has 0 aliphatic rings. The quantitative estimate of drug-likeness (QED) is 0.817. The minimum absolute atomic E-state index is 0. The van der Waals surface area contributed by atoms with E-state index in [0.717, 1.165) is 0 Å². The topological polar surface area (TPSA) is 75.1 Å². The normalized spacial score (nSPS) is 13.4. The molecular formula is C9H13Cl2N3O2. The zero-order chi connectivity index (χ0) is 11.5. The number of hydrogen-bond acceptors (Lipinski definition) is 4. The van der Waals surface area contributed by atoms with E-state index >= 15 is 0 Å². The van der Waals surface area contributed by atoms with E-state index in [0.29, 0.717) is 12.2 Å². The maximum atomic E-state index is 11.0. The third kappa shape index (κ3) is 3.50. The van der Waals surface area contributed by atoms with E-state index in [1.165, 1.54) is 6.20 Å². The highest BCUT2D eigenvalue weighted by atomic mass is 35.5. The van der Waals surface area contributed by atoms with Crippen molar-refractivity contribution in [3.63, 3.8) is 0 Å². The van der Waals surface area contributed by atoms with Crippen molar-refractivity contribution in [1.29, 1.82) is 0 Å². The smallest absolute Gasteiger partial charge is 0.329 e. The fourth-order valence-electron chi connectivity index (χ4n) is 0.980. The van der Waals surface area contributed by atoms with Crippen LogP contribution in [0.5, 0.6) is 0 Å². The van der Waals surface area contributed by atoms with Crippen molar-refractivity contribution in [2.45, 2.75) is 25.8 Å². The van der Waals surface area contributed by atoms with Gasteiger partial charge in [0, 0.05) is 6.20 Å². The van der Waals surface area contributed by atoms with Gasteiger partial charge in [0.15, 0.2) is 0 Å². The molecule has 1 aromatic heterocycles. The van der Waals surface area contributed by atoms with Crippen LogP contribution in [-0.2, 0) is 4.79 Å². The van der Waals surface area contributed by atoms with Crippen LogP contribution in [0.3, 0.4) is 0 Å². The largest absolute Gasteiger partial charge is 0.480 e. The lowest BCUT2D eigenvalue weighted by Gasteiger charge is -2.24. The number of aliphatic carboxylic acids is 1. The summed E-state index contributed by atoms with van der Waals surface area (Å²) in [6.07, 6.45) is 1.90. The molecule has 1 rings (SSSR count).